The maximum Gasteiger partial charge on any atom is 0.332 e. The number of rotatable bonds is 4. The molecule has 0 aliphatic heterocycles. The van der Waals surface area contributed by atoms with Gasteiger partial charge in [0.05, 0.1) is 30.3 Å². The fourth-order valence-corrected chi connectivity index (χ4v) is 3.80. The number of hydrogen-bond donors (Lipinski definition) is 1. The fourth-order valence-electron chi connectivity index (χ4n) is 3.80. The number of hydrogen-bond acceptors (Lipinski definition) is 5. The van der Waals surface area contributed by atoms with E-state index in [2.05, 4.69) is 14.7 Å². The highest BCUT2D eigenvalue weighted by Gasteiger charge is 2.22. The number of aromatic amines is 1. The Morgan fingerprint density at radius 1 is 1.28 bits per heavy atom. The second-order valence-electron chi connectivity index (χ2n) is 6.93. The SMILES string of the molecule is COC(=O)Cn1c(=O)c2ccncc2n(C(C)c2c[nH]c3cccc(C)c23)c1=O. The summed E-state index contributed by atoms with van der Waals surface area (Å²) >= 11 is 0. The smallest absolute Gasteiger partial charge is 0.332 e. The number of fused-ring (bicyclic) bond motifs is 2. The molecule has 0 radical (unpaired) electrons. The standard InChI is InChI=1S/C21H20N4O4/c1-12-5-4-6-16-19(12)15(9-23-16)13(2)25-17-10-22-8-7-14(17)20(27)24(21(25)28)11-18(26)29-3/h4-10,13,23H,11H2,1-3H3. The number of esters is 1. The third-order valence-corrected chi connectivity index (χ3v) is 5.27. The largest absolute Gasteiger partial charge is 0.468 e. The van der Waals surface area contributed by atoms with E-state index in [-0.39, 0.29) is 0 Å². The maximum atomic E-state index is 13.3. The summed E-state index contributed by atoms with van der Waals surface area (Å²) in [6, 6.07) is 7.08. The van der Waals surface area contributed by atoms with E-state index >= 15 is 0 Å². The molecule has 29 heavy (non-hydrogen) atoms. The first-order chi connectivity index (χ1) is 13.9. The molecule has 0 fully saturated rings. The summed E-state index contributed by atoms with van der Waals surface area (Å²) in [5.41, 5.74) is 2.23. The summed E-state index contributed by atoms with van der Waals surface area (Å²) in [6.45, 7) is 3.44. The van der Waals surface area contributed by atoms with Crippen LogP contribution in [0.5, 0.6) is 0 Å². The van der Waals surface area contributed by atoms with Crippen molar-refractivity contribution in [2.75, 3.05) is 7.11 Å². The third-order valence-electron chi connectivity index (χ3n) is 5.27. The number of carbonyl (C=O) groups is 1. The molecule has 1 aromatic carbocycles. The average Bonchev–Trinajstić information content (AvgIpc) is 3.16. The predicted octanol–water partition coefficient (Wildman–Crippen LogP) is 2.13. The Morgan fingerprint density at radius 2 is 2.07 bits per heavy atom. The van der Waals surface area contributed by atoms with Gasteiger partial charge in [0.2, 0.25) is 0 Å². The van der Waals surface area contributed by atoms with Crippen LogP contribution in [-0.4, -0.2) is 32.2 Å². The molecular formula is C21H20N4O4. The van der Waals surface area contributed by atoms with Crippen molar-refractivity contribution in [3.05, 3.63) is 74.8 Å². The fraction of sp³-hybridized carbons (Fsp3) is 0.238. The molecule has 1 atom stereocenters. The number of H-pyrrole nitrogens is 1. The molecule has 8 nitrogen and oxygen atoms in total. The Bertz CT molecular complexity index is 1360. The molecule has 0 bridgehead atoms. The van der Waals surface area contributed by atoms with Crippen molar-refractivity contribution in [3.8, 4) is 0 Å². The first kappa shape index (κ1) is 18.7. The first-order valence-electron chi connectivity index (χ1n) is 9.16. The topological polar surface area (TPSA) is 99.0 Å². The van der Waals surface area contributed by atoms with Crippen LogP contribution in [0.4, 0.5) is 0 Å². The van der Waals surface area contributed by atoms with Crippen LogP contribution >= 0.6 is 0 Å². The van der Waals surface area contributed by atoms with Crippen LogP contribution in [0.15, 0.2) is 52.4 Å². The Balaban J connectivity index is 2.03. The van der Waals surface area contributed by atoms with Gasteiger partial charge in [-0.2, -0.15) is 0 Å². The molecule has 3 aromatic heterocycles. The van der Waals surface area contributed by atoms with Crippen LogP contribution in [-0.2, 0) is 16.1 Å². The Labute approximate surface area is 165 Å². The minimum absolute atomic E-state index is 0.312. The van der Waals surface area contributed by atoms with E-state index in [0.29, 0.717) is 10.9 Å². The van der Waals surface area contributed by atoms with Crippen LogP contribution in [0, 0.1) is 6.92 Å². The second-order valence-corrected chi connectivity index (χ2v) is 6.93. The number of ether oxygens (including phenoxy) is 1. The highest BCUT2D eigenvalue weighted by molar-refractivity contribution is 5.87. The zero-order valence-electron chi connectivity index (χ0n) is 16.3. The minimum Gasteiger partial charge on any atom is -0.468 e. The van der Waals surface area contributed by atoms with Crippen LogP contribution in [0.3, 0.4) is 0 Å². The monoisotopic (exact) mass is 392 g/mol. The molecule has 0 saturated carbocycles. The first-order valence-corrected chi connectivity index (χ1v) is 9.16. The molecule has 3 heterocycles. The number of aromatic nitrogens is 4. The van der Waals surface area contributed by atoms with E-state index in [1.165, 1.54) is 24.1 Å². The molecule has 4 rings (SSSR count). The number of pyridine rings is 1. The molecule has 148 valence electrons. The summed E-state index contributed by atoms with van der Waals surface area (Å²) in [7, 11) is 1.22. The third kappa shape index (κ3) is 2.93. The molecule has 8 heteroatoms. The minimum atomic E-state index is -0.667. The van der Waals surface area contributed by atoms with Gasteiger partial charge in [0.1, 0.15) is 6.54 Å². The van der Waals surface area contributed by atoms with Crippen LogP contribution in [0.2, 0.25) is 0 Å². The zero-order valence-corrected chi connectivity index (χ0v) is 16.3. The molecule has 0 spiro atoms. The van der Waals surface area contributed by atoms with Crippen molar-refractivity contribution in [2.45, 2.75) is 26.4 Å². The lowest BCUT2D eigenvalue weighted by atomic mass is 10.0. The van der Waals surface area contributed by atoms with Crippen LogP contribution in [0.25, 0.3) is 21.8 Å². The molecule has 4 aromatic rings. The second kappa shape index (κ2) is 7.05. The lowest BCUT2D eigenvalue weighted by molar-refractivity contribution is -0.141. The number of nitrogens with zero attached hydrogens (tertiary/aromatic N) is 3. The summed E-state index contributed by atoms with van der Waals surface area (Å²) < 4.78 is 7.07. The van der Waals surface area contributed by atoms with E-state index in [0.717, 1.165) is 26.6 Å². The van der Waals surface area contributed by atoms with Gasteiger partial charge in [-0.15, -0.1) is 0 Å². The number of nitrogens with one attached hydrogen (secondary N) is 1. The van der Waals surface area contributed by atoms with E-state index in [1.54, 1.807) is 6.07 Å². The lowest BCUT2D eigenvalue weighted by Crippen LogP contribution is -2.43. The Hall–Kier alpha value is -3.68. The van der Waals surface area contributed by atoms with Gasteiger partial charge in [0.15, 0.2) is 0 Å². The van der Waals surface area contributed by atoms with E-state index in [1.807, 2.05) is 38.2 Å². The molecule has 0 amide bonds. The average molecular weight is 392 g/mol. The number of benzene rings is 1. The van der Waals surface area contributed by atoms with Crippen LogP contribution < -0.4 is 11.2 Å². The summed E-state index contributed by atoms with van der Waals surface area (Å²) in [6.07, 6.45) is 4.85. The molecule has 1 unspecified atom stereocenters. The van der Waals surface area contributed by atoms with Crippen molar-refractivity contribution in [2.24, 2.45) is 0 Å². The molecule has 0 aliphatic rings. The summed E-state index contributed by atoms with van der Waals surface area (Å²) in [4.78, 5) is 45.3. The van der Waals surface area contributed by atoms with E-state index in [4.69, 9.17) is 0 Å². The highest BCUT2D eigenvalue weighted by atomic mass is 16.5. The van der Waals surface area contributed by atoms with E-state index in [9.17, 15) is 14.4 Å². The van der Waals surface area contributed by atoms with Gasteiger partial charge in [-0.1, -0.05) is 12.1 Å². The summed E-state index contributed by atoms with van der Waals surface area (Å²) in [5.74, 6) is -0.667. The molecular weight excluding hydrogens is 372 g/mol. The van der Waals surface area contributed by atoms with E-state index < -0.39 is 29.8 Å². The lowest BCUT2D eigenvalue weighted by Gasteiger charge is -2.19. The normalized spacial score (nSPS) is 12.4. The van der Waals surface area contributed by atoms with Crippen molar-refractivity contribution in [1.29, 1.82) is 0 Å². The predicted molar refractivity (Wildman–Crippen MR) is 109 cm³/mol. The Morgan fingerprint density at radius 3 is 2.83 bits per heavy atom. The van der Waals surface area contributed by atoms with Crippen molar-refractivity contribution in [3.63, 3.8) is 0 Å². The van der Waals surface area contributed by atoms with Gasteiger partial charge in [-0.05, 0) is 31.5 Å². The maximum absolute atomic E-state index is 13.3. The number of aryl methyl sites for hydroxylation is 1. The van der Waals surface area contributed by atoms with Gasteiger partial charge in [-0.3, -0.25) is 19.1 Å². The zero-order chi connectivity index (χ0) is 20.7. The molecule has 1 N–H and O–H groups in total. The highest BCUT2D eigenvalue weighted by Crippen LogP contribution is 2.29. The van der Waals surface area contributed by atoms with Crippen molar-refractivity contribution in [1.82, 2.24) is 19.1 Å². The van der Waals surface area contributed by atoms with Crippen molar-refractivity contribution >= 4 is 27.8 Å². The molecule has 0 saturated heterocycles. The quantitative estimate of drug-likeness (QED) is 0.537. The van der Waals surface area contributed by atoms with Crippen LogP contribution in [0.1, 0.15) is 24.1 Å². The van der Waals surface area contributed by atoms with Gasteiger partial charge in [0, 0.05) is 28.9 Å². The summed E-state index contributed by atoms with van der Waals surface area (Å²) in [5, 5.41) is 1.33. The van der Waals surface area contributed by atoms with Gasteiger partial charge in [0.25, 0.3) is 5.56 Å². The Kier molecular flexibility index (Phi) is 4.54. The van der Waals surface area contributed by atoms with Crippen molar-refractivity contribution < 1.29 is 9.53 Å². The molecule has 0 aliphatic carbocycles. The van der Waals surface area contributed by atoms with Gasteiger partial charge < -0.3 is 9.72 Å². The number of carbonyl (C=O) groups excluding carboxylic acids is 1. The van der Waals surface area contributed by atoms with Gasteiger partial charge >= 0.3 is 11.7 Å². The number of methoxy groups -OCH3 is 1. The van der Waals surface area contributed by atoms with Gasteiger partial charge in [-0.25, -0.2) is 9.36 Å².